The molecule has 1 aromatic heterocycles. The number of hydrogen-bond donors (Lipinski definition) is 1. The summed E-state index contributed by atoms with van der Waals surface area (Å²) in [5.74, 6) is 0.577. The molecule has 1 N–H and O–H groups in total. The van der Waals surface area contributed by atoms with Crippen molar-refractivity contribution in [3.05, 3.63) is 34.5 Å². The summed E-state index contributed by atoms with van der Waals surface area (Å²) in [6.45, 7) is 7.08. The molecule has 0 unspecified atom stereocenters. The molecule has 26 heavy (non-hydrogen) atoms. The van der Waals surface area contributed by atoms with E-state index in [9.17, 15) is 14.9 Å². The molecule has 2 heterocycles. The lowest BCUT2D eigenvalue weighted by Gasteiger charge is -2.32. The third kappa shape index (κ3) is 4.19. The maximum Gasteiger partial charge on any atom is 0.270 e. The second-order valence-electron chi connectivity index (χ2n) is 7.34. The lowest BCUT2D eigenvalue weighted by atomic mass is 9.97. The summed E-state index contributed by atoms with van der Waals surface area (Å²) in [4.78, 5) is 25.1. The van der Waals surface area contributed by atoms with E-state index in [1.807, 2.05) is 4.68 Å². The number of carbonyl (C=O) groups is 1. The minimum atomic E-state index is -0.401. The standard InChI is InChI=1S/C18H25N5O3/c1-13(2)9-19-18(24)14-4-3-7-21(11-14)12-22-17-6-5-16(23(25)26)8-15(17)10-20-22/h5-6,8,10,13-14H,3-4,7,9,11-12H2,1-2H3,(H,19,24)/t14-/m1/s1. The van der Waals surface area contributed by atoms with Crippen LogP contribution in [0.1, 0.15) is 26.7 Å². The predicted molar refractivity (Wildman–Crippen MR) is 98.5 cm³/mol. The van der Waals surface area contributed by atoms with Crippen molar-refractivity contribution in [3.8, 4) is 0 Å². The van der Waals surface area contributed by atoms with Gasteiger partial charge in [-0.2, -0.15) is 5.10 Å². The Morgan fingerprint density at radius 2 is 2.27 bits per heavy atom. The van der Waals surface area contributed by atoms with Crippen LogP contribution in [0.3, 0.4) is 0 Å². The van der Waals surface area contributed by atoms with E-state index < -0.39 is 4.92 Å². The van der Waals surface area contributed by atoms with Gasteiger partial charge in [0, 0.05) is 30.6 Å². The Morgan fingerprint density at radius 1 is 1.46 bits per heavy atom. The van der Waals surface area contributed by atoms with E-state index in [1.54, 1.807) is 12.3 Å². The molecule has 1 atom stereocenters. The molecule has 2 aromatic rings. The molecule has 1 fully saturated rings. The minimum absolute atomic E-state index is 0.00501. The summed E-state index contributed by atoms with van der Waals surface area (Å²) in [6.07, 6.45) is 3.54. The van der Waals surface area contributed by atoms with Crippen LogP contribution in [0.15, 0.2) is 24.4 Å². The second kappa shape index (κ2) is 7.82. The molecule has 0 bridgehead atoms. The van der Waals surface area contributed by atoms with Gasteiger partial charge in [0.05, 0.1) is 29.2 Å². The van der Waals surface area contributed by atoms with Crippen molar-refractivity contribution >= 4 is 22.5 Å². The molecule has 1 aliphatic rings. The van der Waals surface area contributed by atoms with Crippen LogP contribution in [0.25, 0.3) is 10.9 Å². The Kier molecular flexibility index (Phi) is 5.51. The highest BCUT2D eigenvalue weighted by Gasteiger charge is 2.26. The number of carbonyl (C=O) groups excluding carboxylic acids is 1. The highest BCUT2D eigenvalue weighted by atomic mass is 16.6. The van der Waals surface area contributed by atoms with Crippen molar-refractivity contribution in [1.82, 2.24) is 20.0 Å². The summed E-state index contributed by atoms with van der Waals surface area (Å²) in [5, 5.41) is 19.0. The third-order valence-corrected chi connectivity index (χ3v) is 4.73. The van der Waals surface area contributed by atoms with Gasteiger partial charge in [0.2, 0.25) is 5.91 Å². The highest BCUT2D eigenvalue weighted by Crippen LogP contribution is 2.22. The van der Waals surface area contributed by atoms with Crippen LogP contribution in [0.4, 0.5) is 5.69 Å². The molecule has 1 aromatic carbocycles. The molecular formula is C18H25N5O3. The number of fused-ring (bicyclic) bond motifs is 1. The lowest BCUT2D eigenvalue weighted by molar-refractivity contribution is -0.384. The SMILES string of the molecule is CC(C)CNC(=O)[C@@H]1CCCN(Cn2ncc3cc([N+](=O)[O-])ccc32)C1. The molecule has 8 heteroatoms. The van der Waals surface area contributed by atoms with Crippen LogP contribution in [-0.2, 0) is 11.5 Å². The molecule has 1 amide bonds. The first-order chi connectivity index (χ1) is 12.4. The Hall–Kier alpha value is -2.48. The number of nitrogens with one attached hydrogen (secondary N) is 1. The van der Waals surface area contributed by atoms with Gasteiger partial charge in [-0.3, -0.25) is 24.5 Å². The average molecular weight is 359 g/mol. The fourth-order valence-electron chi connectivity index (χ4n) is 3.34. The van der Waals surface area contributed by atoms with Gasteiger partial charge in [0.25, 0.3) is 5.69 Å². The number of non-ortho nitro benzene ring substituents is 1. The highest BCUT2D eigenvalue weighted by molar-refractivity contribution is 5.81. The molecule has 8 nitrogen and oxygen atoms in total. The summed E-state index contributed by atoms with van der Waals surface area (Å²) >= 11 is 0. The van der Waals surface area contributed by atoms with Gasteiger partial charge in [0.1, 0.15) is 0 Å². The first-order valence-corrected chi connectivity index (χ1v) is 9.04. The third-order valence-electron chi connectivity index (χ3n) is 4.73. The van der Waals surface area contributed by atoms with E-state index in [2.05, 4.69) is 29.2 Å². The van der Waals surface area contributed by atoms with E-state index in [4.69, 9.17) is 0 Å². The van der Waals surface area contributed by atoms with Crippen molar-refractivity contribution < 1.29 is 9.72 Å². The molecule has 0 aliphatic carbocycles. The van der Waals surface area contributed by atoms with Gasteiger partial charge in [0.15, 0.2) is 0 Å². The van der Waals surface area contributed by atoms with Crippen LogP contribution in [0, 0.1) is 22.0 Å². The number of nitrogens with zero attached hydrogens (tertiary/aromatic N) is 4. The minimum Gasteiger partial charge on any atom is -0.356 e. The smallest absolute Gasteiger partial charge is 0.270 e. The average Bonchev–Trinajstić information content (AvgIpc) is 3.02. The predicted octanol–water partition coefficient (Wildman–Crippen LogP) is 2.39. The molecule has 140 valence electrons. The maximum absolute atomic E-state index is 12.3. The van der Waals surface area contributed by atoms with E-state index in [0.717, 1.165) is 30.3 Å². The fourth-order valence-corrected chi connectivity index (χ4v) is 3.34. The quantitative estimate of drug-likeness (QED) is 0.631. The topological polar surface area (TPSA) is 93.3 Å². The van der Waals surface area contributed by atoms with E-state index >= 15 is 0 Å². The van der Waals surface area contributed by atoms with E-state index in [-0.39, 0.29) is 17.5 Å². The van der Waals surface area contributed by atoms with Gasteiger partial charge in [-0.25, -0.2) is 0 Å². The van der Waals surface area contributed by atoms with Gasteiger partial charge >= 0.3 is 0 Å². The number of nitro benzene ring substituents is 1. The maximum atomic E-state index is 12.3. The normalized spacial score (nSPS) is 18.3. The van der Waals surface area contributed by atoms with Crippen LogP contribution in [0.2, 0.25) is 0 Å². The molecule has 1 saturated heterocycles. The molecule has 1 aliphatic heterocycles. The van der Waals surface area contributed by atoms with Crippen molar-refractivity contribution in [3.63, 3.8) is 0 Å². The Morgan fingerprint density at radius 3 is 3.00 bits per heavy atom. The largest absolute Gasteiger partial charge is 0.356 e. The first-order valence-electron chi connectivity index (χ1n) is 9.04. The van der Waals surface area contributed by atoms with Crippen LogP contribution in [-0.4, -0.2) is 45.1 Å². The van der Waals surface area contributed by atoms with Crippen molar-refractivity contribution in [1.29, 1.82) is 0 Å². The second-order valence-corrected chi connectivity index (χ2v) is 7.34. The number of nitro groups is 1. The summed E-state index contributed by atoms with van der Waals surface area (Å²) in [5.41, 5.74) is 0.930. The number of likely N-dealkylation sites (tertiary alicyclic amines) is 1. The number of amides is 1. The molecule has 0 saturated carbocycles. The van der Waals surface area contributed by atoms with E-state index in [1.165, 1.54) is 12.1 Å². The van der Waals surface area contributed by atoms with Gasteiger partial charge in [-0.1, -0.05) is 13.8 Å². The Balaban J connectivity index is 1.66. The van der Waals surface area contributed by atoms with Gasteiger partial charge in [-0.05, 0) is 31.4 Å². The van der Waals surface area contributed by atoms with Crippen molar-refractivity contribution in [2.75, 3.05) is 19.6 Å². The summed E-state index contributed by atoms with van der Waals surface area (Å²) in [7, 11) is 0. The number of piperidine rings is 1. The number of rotatable bonds is 6. The number of hydrogen-bond acceptors (Lipinski definition) is 5. The van der Waals surface area contributed by atoms with Gasteiger partial charge in [-0.15, -0.1) is 0 Å². The van der Waals surface area contributed by atoms with Crippen LogP contribution >= 0.6 is 0 Å². The fraction of sp³-hybridized carbons (Fsp3) is 0.556. The number of aromatic nitrogens is 2. The number of benzene rings is 1. The first kappa shape index (κ1) is 18.3. The lowest BCUT2D eigenvalue weighted by Crippen LogP contribution is -2.44. The Labute approximate surface area is 152 Å². The van der Waals surface area contributed by atoms with Gasteiger partial charge < -0.3 is 5.32 Å². The van der Waals surface area contributed by atoms with Crippen LogP contribution < -0.4 is 5.32 Å². The van der Waals surface area contributed by atoms with Crippen molar-refractivity contribution in [2.45, 2.75) is 33.4 Å². The Bertz CT molecular complexity index is 801. The molecular weight excluding hydrogens is 334 g/mol. The zero-order valence-corrected chi connectivity index (χ0v) is 15.2. The molecule has 0 radical (unpaired) electrons. The zero-order chi connectivity index (χ0) is 18.7. The van der Waals surface area contributed by atoms with Crippen molar-refractivity contribution in [2.24, 2.45) is 11.8 Å². The molecule has 3 rings (SSSR count). The van der Waals surface area contributed by atoms with E-state index in [0.29, 0.717) is 25.7 Å². The summed E-state index contributed by atoms with van der Waals surface area (Å²) in [6, 6.07) is 4.77. The van der Waals surface area contributed by atoms with Crippen LogP contribution in [0.5, 0.6) is 0 Å². The summed E-state index contributed by atoms with van der Waals surface area (Å²) < 4.78 is 1.84. The monoisotopic (exact) mass is 359 g/mol. The molecule has 0 spiro atoms. The zero-order valence-electron chi connectivity index (χ0n) is 15.2.